The second kappa shape index (κ2) is 6.78. The standard InChI is InChI=1S/C15H23NO3/c1-4-6-16-13-10-19-7-5-11-8-14(17-2)15(18-3)9-12(11)13/h8-9,13,16H,4-7,10H2,1-3H3. The van der Waals surface area contributed by atoms with E-state index in [0.29, 0.717) is 6.61 Å². The van der Waals surface area contributed by atoms with Gasteiger partial charge in [-0.05, 0) is 42.6 Å². The van der Waals surface area contributed by atoms with E-state index in [4.69, 9.17) is 14.2 Å². The first-order chi connectivity index (χ1) is 9.30. The van der Waals surface area contributed by atoms with E-state index in [-0.39, 0.29) is 6.04 Å². The first kappa shape index (κ1) is 14.2. The van der Waals surface area contributed by atoms with E-state index in [0.717, 1.165) is 37.5 Å². The van der Waals surface area contributed by atoms with Gasteiger partial charge in [0, 0.05) is 0 Å². The van der Waals surface area contributed by atoms with Crippen LogP contribution in [0.15, 0.2) is 12.1 Å². The van der Waals surface area contributed by atoms with Gasteiger partial charge in [-0.25, -0.2) is 0 Å². The number of ether oxygens (including phenoxy) is 3. The van der Waals surface area contributed by atoms with Gasteiger partial charge < -0.3 is 19.5 Å². The molecule has 1 heterocycles. The first-order valence-electron chi connectivity index (χ1n) is 6.86. The highest BCUT2D eigenvalue weighted by Gasteiger charge is 2.21. The van der Waals surface area contributed by atoms with Crippen molar-refractivity contribution in [2.45, 2.75) is 25.8 Å². The summed E-state index contributed by atoms with van der Waals surface area (Å²) in [7, 11) is 3.34. The highest BCUT2D eigenvalue weighted by molar-refractivity contribution is 5.49. The monoisotopic (exact) mass is 265 g/mol. The molecule has 2 rings (SSSR count). The minimum absolute atomic E-state index is 0.234. The zero-order chi connectivity index (χ0) is 13.7. The summed E-state index contributed by atoms with van der Waals surface area (Å²) < 4.78 is 16.5. The molecule has 19 heavy (non-hydrogen) atoms. The van der Waals surface area contributed by atoms with Crippen LogP contribution in [0.3, 0.4) is 0 Å². The molecule has 1 aliphatic heterocycles. The average Bonchev–Trinajstić information content (AvgIpc) is 2.65. The largest absolute Gasteiger partial charge is 0.493 e. The average molecular weight is 265 g/mol. The summed E-state index contributed by atoms with van der Waals surface area (Å²) in [6, 6.07) is 4.39. The summed E-state index contributed by atoms with van der Waals surface area (Å²) >= 11 is 0. The van der Waals surface area contributed by atoms with Gasteiger partial charge in [-0.3, -0.25) is 0 Å². The van der Waals surface area contributed by atoms with E-state index in [1.165, 1.54) is 11.1 Å². The minimum Gasteiger partial charge on any atom is -0.493 e. The molecule has 0 aliphatic carbocycles. The first-order valence-corrected chi connectivity index (χ1v) is 6.86. The Bertz CT molecular complexity index is 420. The summed E-state index contributed by atoms with van der Waals surface area (Å²) in [5.41, 5.74) is 2.55. The Morgan fingerprint density at radius 1 is 1.26 bits per heavy atom. The fourth-order valence-electron chi connectivity index (χ4n) is 2.44. The molecule has 0 saturated carbocycles. The van der Waals surface area contributed by atoms with Crippen molar-refractivity contribution in [3.05, 3.63) is 23.3 Å². The number of hydrogen-bond acceptors (Lipinski definition) is 4. The molecule has 0 aromatic heterocycles. The third kappa shape index (κ3) is 3.19. The molecule has 1 unspecified atom stereocenters. The lowest BCUT2D eigenvalue weighted by Crippen LogP contribution is -2.26. The van der Waals surface area contributed by atoms with Crippen molar-refractivity contribution in [3.63, 3.8) is 0 Å². The van der Waals surface area contributed by atoms with E-state index in [1.54, 1.807) is 14.2 Å². The topological polar surface area (TPSA) is 39.7 Å². The summed E-state index contributed by atoms with van der Waals surface area (Å²) in [4.78, 5) is 0. The minimum atomic E-state index is 0.234. The Balaban J connectivity index is 2.35. The molecule has 0 spiro atoms. The second-order valence-electron chi connectivity index (χ2n) is 4.74. The molecule has 0 fully saturated rings. The molecular formula is C15H23NO3. The van der Waals surface area contributed by atoms with Gasteiger partial charge in [-0.1, -0.05) is 6.92 Å². The van der Waals surface area contributed by atoms with Gasteiger partial charge >= 0.3 is 0 Å². The lowest BCUT2D eigenvalue weighted by atomic mass is 9.98. The molecule has 0 saturated heterocycles. The van der Waals surface area contributed by atoms with Crippen LogP contribution in [0.25, 0.3) is 0 Å². The molecule has 1 atom stereocenters. The molecule has 1 aromatic rings. The van der Waals surface area contributed by atoms with Crippen LogP contribution in [0.2, 0.25) is 0 Å². The SMILES string of the molecule is CCCNC1COCCc2cc(OC)c(OC)cc21. The number of hydrogen-bond donors (Lipinski definition) is 1. The van der Waals surface area contributed by atoms with Crippen molar-refractivity contribution in [1.29, 1.82) is 0 Å². The molecule has 4 heteroatoms. The second-order valence-corrected chi connectivity index (χ2v) is 4.74. The highest BCUT2D eigenvalue weighted by Crippen LogP contribution is 2.34. The summed E-state index contributed by atoms with van der Waals surface area (Å²) in [5.74, 6) is 1.57. The van der Waals surface area contributed by atoms with Crippen LogP contribution in [0.4, 0.5) is 0 Å². The molecule has 1 aliphatic rings. The molecule has 0 radical (unpaired) electrons. The van der Waals surface area contributed by atoms with Crippen LogP contribution in [0, 0.1) is 0 Å². The lowest BCUT2D eigenvalue weighted by Gasteiger charge is -2.20. The lowest BCUT2D eigenvalue weighted by molar-refractivity contribution is 0.121. The van der Waals surface area contributed by atoms with Crippen LogP contribution in [-0.4, -0.2) is 34.0 Å². The maximum atomic E-state index is 5.69. The molecule has 0 bridgehead atoms. The van der Waals surface area contributed by atoms with Gasteiger partial charge in [0.25, 0.3) is 0 Å². The van der Waals surface area contributed by atoms with Crippen molar-refractivity contribution in [2.75, 3.05) is 34.0 Å². The Hall–Kier alpha value is -1.26. The maximum absolute atomic E-state index is 5.69. The van der Waals surface area contributed by atoms with Gasteiger partial charge in [0.1, 0.15) is 0 Å². The number of nitrogens with one attached hydrogen (secondary N) is 1. The van der Waals surface area contributed by atoms with E-state index in [2.05, 4.69) is 24.4 Å². The van der Waals surface area contributed by atoms with Crippen LogP contribution < -0.4 is 14.8 Å². The van der Waals surface area contributed by atoms with Gasteiger partial charge in [0.15, 0.2) is 11.5 Å². The normalized spacial score (nSPS) is 18.6. The smallest absolute Gasteiger partial charge is 0.161 e. The summed E-state index contributed by atoms with van der Waals surface area (Å²) in [6.45, 7) is 4.62. The van der Waals surface area contributed by atoms with Crippen molar-refractivity contribution >= 4 is 0 Å². The van der Waals surface area contributed by atoms with Crippen molar-refractivity contribution in [1.82, 2.24) is 5.32 Å². The molecule has 1 aromatic carbocycles. The van der Waals surface area contributed by atoms with Gasteiger partial charge in [-0.2, -0.15) is 0 Å². The number of fused-ring (bicyclic) bond motifs is 1. The van der Waals surface area contributed by atoms with Gasteiger partial charge in [0.05, 0.1) is 33.5 Å². The summed E-state index contributed by atoms with van der Waals surface area (Å²) in [6.07, 6.45) is 2.03. The van der Waals surface area contributed by atoms with Gasteiger partial charge in [-0.15, -0.1) is 0 Å². The Morgan fingerprint density at radius 2 is 2.00 bits per heavy atom. The predicted molar refractivity (Wildman–Crippen MR) is 75.1 cm³/mol. The molecular weight excluding hydrogens is 242 g/mol. The Kier molecular flexibility index (Phi) is 5.05. The fourth-order valence-corrected chi connectivity index (χ4v) is 2.44. The van der Waals surface area contributed by atoms with E-state index >= 15 is 0 Å². The van der Waals surface area contributed by atoms with Crippen molar-refractivity contribution < 1.29 is 14.2 Å². The van der Waals surface area contributed by atoms with E-state index in [9.17, 15) is 0 Å². The number of benzene rings is 1. The maximum Gasteiger partial charge on any atom is 0.161 e. The number of methoxy groups -OCH3 is 2. The van der Waals surface area contributed by atoms with Crippen molar-refractivity contribution in [2.24, 2.45) is 0 Å². The Morgan fingerprint density at radius 3 is 2.68 bits per heavy atom. The zero-order valence-electron chi connectivity index (χ0n) is 12.0. The van der Waals surface area contributed by atoms with Crippen molar-refractivity contribution in [3.8, 4) is 11.5 Å². The van der Waals surface area contributed by atoms with Crippen LogP contribution >= 0.6 is 0 Å². The molecule has 106 valence electrons. The molecule has 1 N–H and O–H groups in total. The predicted octanol–water partition coefficient (Wildman–Crippen LogP) is 2.32. The third-order valence-electron chi connectivity index (χ3n) is 3.46. The third-order valence-corrected chi connectivity index (χ3v) is 3.46. The quantitative estimate of drug-likeness (QED) is 0.887. The van der Waals surface area contributed by atoms with Gasteiger partial charge in [0.2, 0.25) is 0 Å². The number of rotatable bonds is 5. The van der Waals surface area contributed by atoms with E-state index in [1.807, 2.05) is 0 Å². The van der Waals surface area contributed by atoms with Crippen LogP contribution in [-0.2, 0) is 11.2 Å². The highest BCUT2D eigenvalue weighted by atomic mass is 16.5. The van der Waals surface area contributed by atoms with Crippen LogP contribution in [0.5, 0.6) is 11.5 Å². The van der Waals surface area contributed by atoms with Crippen LogP contribution in [0.1, 0.15) is 30.5 Å². The molecule has 4 nitrogen and oxygen atoms in total. The Labute approximate surface area is 115 Å². The fraction of sp³-hybridized carbons (Fsp3) is 0.600. The molecule has 0 amide bonds. The van der Waals surface area contributed by atoms with E-state index < -0.39 is 0 Å². The zero-order valence-corrected chi connectivity index (χ0v) is 12.0. The summed E-state index contributed by atoms with van der Waals surface area (Å²) in [5, 5.41) is 3.53.